The van der Waals surface area contributed by atoms with Crippen molar-refractivity contribution in [3.63, 3.8) is 0 Å². The van der Waals surface area contributed by atoms with Gasteiger partial charge in [-0.3, -0.25) is 9.59 Å². The maximum Gasteiger partial charge on any atom is 0.303 e. The Morgan fingerprint density at radius 3 is 2.54 bits per heavy atom. The lowest BCUT2D eigenvalue weighted by Gasteiger charge is -2.12. The molecule has 4 heteroatoms. The van der Waals surface area contributed by atoms with Gasteiger partial charge in [-0.15, -0.1) is 0 Å². The summed E-state index contributed by atoms with van der Waals surface area (Å²) >= 11 is 0. The molecule has 0 radical (unpaired) electrons. The van der Waals surface area contributed by atoms with Gasteiger partial charge in [0.2, 0.25) is 5.91 Å². The molecule has 0 aliphatic rings. The van der Waals surface area contributed by atoms with E-state index in [0.717, 1.165) is 0 Å². The molecule has 0 saturated carbocycles. The summed E-state index contributed by atoms with van der Waals surface area (Å²) in [6, 6.07) is 0. The van der Waals surface area contributed by atoms with Gasteiger partial charge in [0.05, 0.1) is 0 Å². The summed E-state index contributed by atoms with van der Waals surface area (Å²) in [4.78, 5) is 21.0. The smallest absolute Gasteiger partial charge is 0.303 e. The third-order valence-corrected chi connectivity index (χ3v) is 1.38. The first-order chi connectivity index (χ1) is 6.06. The molecule has 0 heterocycles. The van der Waals surface area contributed by atoms with Gasteiger partial charge in [0.25, 0.3) is 0 Å². The molecule has 0 rings (SSSR count). The number of rotatable bonds is 5. The summed E-state index contributed by atoms with van der Waals surface area (Å²) in [5.41, 5.74) is 0. The van der Waals surface area contributed by atoms with E-state index in [4.69, 9.17) is 4.74 Å². The Morgan fingerprint density at radius 2 is 2.15 bits per heavy atom. The molecule has 74 valence electrons. The van der Waals surface area contributed by atoms with Crippen molar-refractivity contribution >= 4 is 11.9 Å². The Kier molecular flexibility index (Phi) is 5.59. The van der Waals surface area contributed by atoms with E-state index >= 15 is 0 Å². The number of ether oxygens (including phenoxy) is 1. The van der Waals surface area contributed by atoms with Crippen LogP contribution in [0.1, 0.15) is 20.3 Å². The predicted octanol–water partition coefficient (Wildman–Crippen LogP) is 0.630. The molecule has 13 heavy (non-hydrogen) atoms. The van der Waals surface area contributed by atoms with E-state index in [9.17, 15) is 9.59 Å². The maximum absolute atomic E-state index is 10.6. The Balaban J connectivity index is 3.65. The SMILES string of the molecule is C=CC(CCNC(C)=O)OC(C)=O. The van der Waals surface area contributed by atoms with Crippen LogP contribution in [0.25, 0.3) is 0 Å². The second-order valence-electron chi connectivity index (χ2n) is 2.66. The van der Waals surface area contributed by atoms with Crippen LogP contribution in [0, 0.1) is 0 Å². The van der Waals surface area contributed by atoms with Gasteiger partial charge in [-0.1, -0.05) is 12.7 Å². The van der Waals surface area contributed by atoms with Gasteiger partial charge in [-0.2, -0.15) is 0 Å². The minimum absolute atomic E-state index is 0.0920. The molecule has 0 aliphatic heterocycles. The second-order valence-corrected chi connectivity index (χ2v) is 2.66. The Labute approximate surface area is 78.0 Å². The normalized spacial score (nSPS) is 11.5. The molecule has 0 saturated heterocycles. The fourth-order valence-corrected chi connectivity index (χ4v) is 0.829. The van der Waals surface area contributed by atoms with Crippen LogP contribution in [0.2, 0.25) is 0 Å². The molecule has 4 nitrogen and oxygen atoms in total. The molecule has 1 unspecified atom stereocenters. The van der Waals surface area contributed by atoms with Crippen molar-refractivity contribution in [3.05, 3.63) is 12.7 Å². The zero-order chi connectivity index (χ0) is 10.3. The second kappa shape index (κ2) is 6.22. The van der Waals surface area contributed by atoms with E-state index in [-0.39, 0.29) is 18.0 Å². The van der Waals surface area contributed by atoms with Gasteiger partial charge in [-0.05, 0) is 0 Å². The molecule has 0 aromatic rings. The lowest BCUT2D eigenvalue weighted by atomic mass is 10.2. The van der Waals surface area contributed by atoms with Crippen LogP contribution in [0.5, 0.6) is 0 Å². The van der Waals surface area contributed by atoms with Crippen LogP contribution in [0.4, 0.5) is 0 Å². The van der Waals surface area contributed by atoms with Gasteiger partial charge in [0.1, 0.15) is 6.10 Å². The van der Waals surface area contributed by atoms with Gasteiger partial charge in [0.15, 0.2) is 0 Å². The zero-order valence-electron chi connectivity index (χ0n) is 8.00. The molecule has 0 aromatic carbocycles. The van der Waals surface area contributed by atoms with E-state index in [1.165, 1.54) is 13.8 Å². The Hall–Kier alpha value is -1.32. The molecule has 0 spiro atoms. The highest BCUT2D eigenvalue weighted by Gasteiger charge is 2.06. The fourth-order valence-electron chi connectivity index (χ4n) is 0.829. The number of hydrogen-bond acceptors (Lipinski definition) is 3. The molecule has 0 bridgehead atoms. The summed E-state index contributed by atoms with van der Waals surface area (Å²) in [5, 5.41) is 2.61. The summed E-state index contributed by atoms with van der Waals surface area (Å²) < 4.78 is 4.87. The average molecular weight is 185 g/mol. The monoisotopic (exact) mass is 185 g/mol. The molecule has 0 fully saturated rings. The van der Waals surface area contributed by atoms with Crippen LogP contribution in [-0.2, 0) is 14.3 Å². The van der Waals surface area contributed by atoms with Crippen molar-refractivity contribution in [2.24, 2.45) is 0 Å². The van der Waals surface area contributed by atoms with Crippen LogP contribution >= 0.6 is 0 Å². The zero-order valence-corrected chi connectivity index (χ0v) is 8.00. The lowest BCUT2D eigenvalue weighted by Crippen LogP contribution is -2.25. The Morgan fingerprint density at radius 1 is 1.54 bits per heavy atom. The van der Waals surface area contributed by atoms with Crippen molar-refractivity contribution in [1.29, 1.82) is 0 Å². The molecule has 1 N–H and O–H groups in total. The maximum atomic E-state index is 10.6. The third-order valence-electron chi connectivity index (χ3n) is 1.38. The van der Waals surface area contributed by atoms with Crippen molar-refractivity contribution in [1.82, 2.24) is 5.32 Å². The fraction of sp³-hybridized carbons (Fsp3) is 0.556. The average Bonchev–Trinajstić information content (AvgIpc) is 2.01. The van der Waals surface area contributed by atoms with Crippen molar-refractivity contribution in [3.8, 4) is 0 Å². The van der Waals surface area contributed by atoms with Gasteiger partial charge in [0, 0.05) is 26.8 Å². The van der Waals surface area contributed by atoms with Crippen molar-refractivity contribution in [2.45, 2.75) is 26.4 Å². The quantitative estimate of drug-likeness (QED) is 0.505. The molecule has 1 amide bonds. The molecular weight excluding hydrogens is 170 g/mol. The van der Waals surface area contributed by atoms with Crippen molar-refractivity contribution in [2.75, 3.05) is 6.54 Å². The first kappa shape index (κ1) is 11.7. The molecular formula is C9H15NO3. The van der Waals surface area contributed by atoms with Gasteiger partial charge < -0.3 is 10.1 Å². The van der Waals surface area contributed by atoms with Crippen LogP contribution in [0.15, 0.2) is 12.7 Å². The van der Waals surface area contributed by atoms with Crippen LogP contribution < -0.4 is 5.32 Å². The topological polar surface area (TPSA) is 55.4 Å². The Bertz CT molecular complexity index is 201. The highest BCUT2D eigenvalue weighted by molar-refractivity contribution is 5.72. The summed E-state index contributed by atoms with van der Waals surface area (Å²) in [7, 11) is 0. The molecule has 1 atom stereocenters. The minimum atomic E-state index is -0.340. The van der Waals surface area contributed by atoms with E-state index in [0.29, 0.717) is 13.0 Å². The number of esters is 1. The van der Waals surface area contributed by atoms with Gasteiger partial charge in [-0.25, -0.2) is 0 Å². The predicted molar refractivity (Wildman–Crippen MR) is 49.1 cm³/mol. The van der Waals surface area contributed by atoms with E-state index in [1.54, 1.807) is 6.08 Å². The number of nitrogens with one attached hydrogen (secondary N) is 1. The summed E-state index contributed by atoms with van der Waals surface area (Å²) in [6.45, 7) is 6.79. The van der Waals surface area contributed by atoms with E-state index in [2.05, 4.69) is 11.9 Å². The first-order valence-electron chi connectivity index (χ1n) is 4.10. The van der Waals surface area contributed by atoms with Crippen LogP contribution in [-0.4, -0.2) is 24.5 Å². The van der Waals surface area contributed by atoms with E-state index < -0.39 is 0 Å². The summed E-state index contributed by atoms with van der Waals surface area (Å²) in [5.74, 6) is -0.432. The van der Waals surface area contributed by atoms with Crippen LogP contribution in [0.3, 0.4) is 0 Å². The first-order valence-corrected chi connectivity index (χ1v) is 4.10. The van der Waals surface area contributed by atoms with Crippen molar-refractivity contribution < 1.29 is 14.3 Å². The third kappa shape index (κ3) is 7.05. The number of amides is 1. The minimum Gasteiger partial charge on any atom is -0.458 e. The lowest BCUT2D eigenvalue weighted by molar-refractivity contribution is -0.144. The standard InChI is InChI=1S/C9H15NO3/c1-4-9(13-8(3)12)5-6-10-7(2)11/h4,9H,1,5-6H2,2-3H3,(H,10,11). The highest BCUT2D eigenvalue weighted by atomic mass is 16.5. The van der Waals surface area contributed by atoms with Gasteiger partial charge >= 0.3 is 5.97 Å². The van der Waals surface area contributed by atoms with E-state index in [1.807, 2.05) is 0 Å². The molecule has 0 aromatic heterocycles. The largest absolute Gasteiger partial charge is 0.458 e. The summed E-state index contributed by atoms with van der Waals surface area (Å²) in [6.07, 6.45) is 1.79. The molecule has 0 aliphatic carbocycles. The number of carbonyl (C=O) groups excluding carboxylic acids is 2. The number of hydrogen-bond donors (Lipinski definition) is 1. The highest BCUT2D eigenvalue weighted by Crippen LogP contribution is 1.98. The number of carbonyl (C=O) groups is 2.